The first kappa shape index (κ1) is 9.16. The highest BCUT2D eigenvalue weighted by atomic mass is 15.3. The molecule has 18 heavy (non-hydrogen) atoms. The van der Waals surface area contributed by atoms with Crippen molar-refractivity contribution in [3.8, 4) is 11.1 Å². The largest absolute Gasteiger partial charge is 0.343 e. The Hall–Kier alpha value is -2.90. The second-order valence-corrected chi connectivity index (χ2v) is 3.74. The minimum absolute atomic E-state index is 0.563. The topological polar surface area (TPSA) is 109 Å². The van der Waals surface area contributed by atoms with Crippen LogP contribution < -0.4 is 0 Å². The number of hydrogen-bond donors (Lipinski definition) is 2. The number of hydrogen-bond acceptors (Lipinski definition) is 6. The summed E-state index contributed by atoms with van der Waals surface area (Å²) in [5.41, 5.74) is 4.51. The van der Waals surface area contributed by atoms with Crippen molar-refractivity contribution in [2.45, 2.75) is 0 Å². The van der Waals surface area contributed by atoms with E-state index in [9.17, 15) is 0 Å². The summed E-state index contributed by atoms with van der Waals surface area (Å²) in [6, 6.07) is 0. The lowest BCUT2D eigenvalue weighted by Gasteiger charge is -2.01. The van der Waals surface area contributed by atoms with Gasteiger partial charge in [0.25, 0.3) is 0 Å². The summed E-state index contributed by atoms with van der Waals surface area (Å²) in [6.07, 6.45) is 6.62. The van der Waals surface area contributed by atoms with Gasteiger partial charge in [0.1, 0.15) is 11.0 Å². The van der Waals surface area contributed by atoms with Crippen LogP contribution in [0.5, 0.6) is 0 Å². The quantitative estimate of drug-likeness (QED) is 0.505. The Balaban J connectivity index is 2.13. The second-order valence-electron chi connectivity index (χ2n) is 3.74. The zero-order chi connectivity index (χ0) is 11.9. The van der Waals surface area contributed by atoms with Gasteiger partial charge in [-0.3, -0.25) is 4.98 Å². The minimum Gasteiger partial charge on any atom is -0.343 e. The van der Waals surface area contributed by atoms with E-state index >= 15 is 0 Å². The lowest BCUT2D eigenvalue weighted by atomic mass is 10.1. The number of nitrogens with zero attached hydrogens (tertiary/aromatic N) is 6. The molecule has 86 valence electrons. The summed E-state index contributed by atoms with van der Waals surface area (Å²) in [5.74, 6) is 0. The summed E-state index contributed by atoms with van der Waals surface area (Å²) < 4.78 is 0. The normalized spacial score (nSPS) is 11.3. The van der Waals surface area contributed by atoms with E-state index in [0.717, 1.165) is 22.2 Å². The average molecular weight is 238 g/mol. The number of fused-ring (bicyclic) bond motifs is 2. The van der Waals surface area contributed by atoms with E-state index < -0.39 is 0 Å². The highest BCUT2D eigenvalue weighted by molar-refractivity contribution is 5.98. The van der Waals surface area contributed by atoms with E-state index in [4.69, 9.17) is 0 Å². The van der Waals surface area contributed by atoms with Gasteiger partial charge in [-0.2, -0.15) is 20.5 Å². The molecule has 4 aromatic heterocycles. The van der Waals surface area contributed by atoms with E-state index in [1.807, 2.05) is 0 Å². The van der Waals surface area contributed by atoms with Gasteiger partial charge < -0.3 is 4.98 Å². The van der Waals surface area contributed by atoms with Crippen LogP contribution in [0.25, 0.3) is 33.3 Å². The van der Waals surface area contributed by atoms with E-state index in [1.54, 1.807) is 24.9 Å². The molecule has 0 bridgehead atoms. The maximum Gasteiger partial charge on any atom is 0.200 e. The first-order chi connectivity index (χ1) is 8.93. The molecule has 0 aliphatic carbocycles. The van der Waals surface area contributed by atoms with Crippen LogP contribution in [0.1, 0.15) is 0 Å². The Morgan fingerprint density at radius 1 is 1.00 bits per heavy atom. The fourth-order valence-corrected chi connectivity index (χ4v) is 1.94. The van der Waals surface area contributed by atoms with Gasteiger partial charge in [-0.05, 0) is 0 Å². The molecule has 0 unspecified atom stereocenters. The highest BCUT2D eigenvalue weighted by Crippen LogP contribution is 2.28. The molecular weight excluding hydrogens is 232 g/mol. The van der Waals surface area contributed by atoms with Crippen LogP contribution >= 0.6 is 0 Å². The number of aromatic amines is 2. The van der Waals surface area contributed by atoms with Crippen molar-refractivity contribution in [2.75, 3.05) is 0 Å². The smallest absolute Gasteiger partial charge is 0.200 e. The Morgan fingerprint density at radius 3 is 3.00 bits per heavy atom. The predicted octanol–water partition coefficient (Wildman–Crippen LogP) is 0.686. The molecule has 8 nitrogen and oxygen atoms in total. The van der Waals surface area contributed by atoms with Crippen LogP contribution in [0.3, 0.4) is 0 Å². The number of nitrogens with one attached hydrogen (secondary N) is 2. The molecule has 0 aromatic carbocycles. The Kier molecular flexibility index (Phi) is 1.68. The molecule has 0 saturated carbocycles. The Morgan fingerprint density at radius 2 is 2.00 bits per heavy atom. The van der Waals surface area contributed by atoms with Gasteiger partial charge in [-0.25, -0.2) is 4.98 Å². The van der Waals surface area contributed by atoms with Crippen molar-refractivity contribution in [3.05, 3.63) is 24.9 Å². The first-order valence-electron chi connectivity index (χ1n) is 5.23. The predicted molar refractivity (Wildman–Crippen MR) is 62.4 cm³/mol. The Bertz CT molecular complexity index is 773. The highest BCUT2D eigenvalue weighted by Gasteiger charge is 2.13. The van der Waals surface area contributed by atoms with E-state index in [2.05, 4.69) is 40.6 Å². The third-order valence-corrected chi connectivity index (χ3v) is 2.75. The molecule has 4 rings (SSSR count). The van der Waals surface area contributed by atoms with Gasteiger partial charge in [0.2, 0.25) is 0 Å². The van der Waals surface area contributed by atoms with Gasteiger partial charge in [0.05, 0.1) is 24.2 Å². The SMILES string of the molecule is c1nc2nncc(-c3cncc4n[nH]nc34)c2[nH]1. The van der Waals surface area contributed by atoms with Crippen molar-refractivity contribution >= 4 is 22.2 Å². The molecule has 2 N–H and O–H groups in total. The summed E-state index contributed by atoms with van der Waals surface area (Å²) in [7, 11) is 0. The molecular formula is C10H6N8. The minimum atomic E-state index is 0.563. The van der Waals surface area contributed by atoms with E-state index in [-0.39, 0.29) is 0 Å². The molecule has 4 aromatic rings. The number of H-pyrrole nitrogens is 2. The standard InChI is InChI=1S/C10H6N8/c1-5(8-7(3-11-1)15-18-16-8)6-2-14-17-10-9(6)12-4-13-10/h1-4H,(H,12,13,17)(H,15,16,18). The molecule has 4 heterocycles. The number of imidazole rings is 1. The zero-order valence-electron chi connectivity index (χ0n) is 8.99. The zero-order valence-corrected chi connectivity index (χ0v) is 8.99. The van der Waals surface area contributed by atoms with Gasteiger partial charge in [0, 0.05) is 17.3 Å². The van der Waals surface area contributed by atoms with Gasteiger partial charge in [-0.15, -0.1) is 5.10 Å². The first-order valence-corrected chi connectivity index (χ1v) is 5.23. The molecule has 0 aliphatic heterocycles. The molecule has 0 spiro atoms. The van der Waals surface area contributed by atoms with Crippen LogP contribution in [-0.4, -0.2) is 40.6 Å². The number of pyridine rings is 1. The summed E-state index contributed by atoms with van der Waals surface area (Å²) in [5, 5.41) is 18.6. The maximum absolute atomic E-state index is 4.15. The van der Waals surface area contributed by atoms with Gasteiger partial charge in [0.15, 0.2) is 5.65 Å². The second kappa shape index (κ2) is 3.29. The molecule has 0 radical (unpaired) electrons. The lowest BCUT2D eigenvalue weighted by molar-refractivity contribution is 0.959. The monoisotopic (exact) mass is 238 g/mol. The number of aromatic nitrogens is 8. The van der Waals surface area contributed by atoms with E-state index in [0.29, 0.717) is 11.2 Å². The Labute approximate surface area is 99.5 Å². The average Bonchev–Trinajstić information content (AvgIpc) is 3.06. The van der Waals surface area contributed by atoms with Crippen LogP contribution in [-0.2, 0) is 0 Å². The molecule has 0 aliphatic rings. The van der Waals surface area contributed by atoms with Crippen molar-refractivity contribution in [1.29, 1.82) is 0 Å². The van der Waals surface area contributed by atoms with Crippen LogP contribution in [0.4, 0.5) is 0 Å². The molecule has 0 atom stereocenters. The third-order valence-electron chi connectivity index (χ3n) is 2.75. The van der Waals surface area contributed by atoms with Crippen molar-refractivity contribution in [1.82, 2.24) is 40.6 Å². The third kappa shape index (κ3) is 1.14. The molecule has 0 amide bonds. The molecule has 0 saturated heterocycles. The number of rotatable bonds is 1. The molecule has 8 heteroatoms. The summed E-state index contributed by atoms with van der Waals surface area (Å²) >= 11 is 0. The van der Waals surface area contributed by atoms with Gasteiger partial charge >= 0.3 is 0 Å². The van der Waals surface area contributed by atoms with Crippen LogP contribution in [0, 0.1) is 0 Å². The van der Waals surface area contributed by atoms with Crippen molar-refractivity contribution in [2.24, 2.45) is 0 Å². The van der Waals surface area contributed by atoms with E-state index in [1.165, 1.54) is 0 Å². The van der Waals surface area contributed by atoms with Gasteiger partial charge in [-0.1, -0.05) is 0 Å². The summed E-state index contributed by atoms with van der Waals surface area (Å²) in [4.78, 5) is 11.3. The molecule has 0 fully saturated rings. The van der Waals surface area contributed by atoms with Crippen molar-refractivity contribution < 1.29 is 0 Å². The summed E-state index contributed by atoms with van der Waals surface area (Å²) in [6.45, 7) is 0. The fraction of sp³-hybridized carbons (Fsp3) is 0. The van der Waals surface area contributed by atoms with Crippen LogP contribution in [0.15, 0.2) is 24.9 Å². The van der Waals surface area contributed by atoms with Crippen molar-refractivity contribution in [3.63, 3.8) is 0 Å². The van der Waals surface area contributed by atoms with Crippen LogP contribution in [0.2, 0.25) is 0 Å². The maximum atomic E-state index is 4.15. The fourth-order valence-electron chi connectivity index (χ4n) is 1.94. The lowest BCUT2D eigenvalue weighted by Crippen LogP contribution is -1.89.